The van der Waals surface area contributed by atoms with Crippen molar-refractivity contribution in [3.8, 4) is 0 Å². The third-order valence-corrected chi connectivity index (χ3v) is 6.07. The van der Waals surface area contributed by atoms with Crippen LogP contribution in [0, 0.1) is 5.41 Å². The molecule has 142 valence electrons. The van der Waals surface area contributed by atoms with E-state index in [0.717, 1.165) is 19.4 Å². The Hall–Kier alpha value is -2.63. The summed E-state index contributed by atoms with van der Waals surface area (Å²) in [5.74, 6) is 0.0687. The molecular weight excluding hydrogens is 342 g/mol. The topological polar surface area (TPSA) is 73.5 Å². The molecule has 6 nitrogen and oxygen atoms in total. The summed E-state index contributed by atoms with van der Waals surface area (Å²) in [4.78, 5) is 44.7. The van der Waals surface area contributed by atoms with E-state index in [4.69, 9.17) is 0 Å². The largest absolute Gasteiger partial charge is 0.340 e. The lowest BCUT2D eigenvalue weighted by Gasteiger charge is -2.41. The zero-order valence-electron chi connectivity index (χ0n) is 15.8. The number of carbonyl (C=O) groups excluding carboxylic acids is 2. The Morgan fingerprint density at radius 2 is 1.85 bits per heavy atom. The van der Waals surface area contributed by atoms with Gasteiger partial charge in [0.05, 0.1) is 11.0 Å². The van der Waals surface area contributed by atoms with Crippen molar-refractivity contribution in [3.63, 3.8) is 0 Å². The van der Waals surface area contributed by atoms with Crippen LogP contribution in [0.15, 0.2) is 35.3 Å². The van der Waals surface area contributed by atoms with E-state index in [1.165, 1.54) is 6.20 Å². The number of carbonyl (C=O) groups is 2. The quantitative estimate of drug-likeness (QED) is 0.886. The van der Waals surface area contributed by atoms with Crippen molar-refractivity contribution < 1.29 is 9.59 Å². The average molecular weight is 367 g/mol. The predicted octanol–water partition coefficient (Wildman–Crippen LogP) is 2.39. The minimum atomic E-state index is -0.448. The Morgan fingerprint density at radius 1 is 1.11 bits per heavy atom. The van der Waals surface area contributed by atoms with E-state index in [1.807, 2.05) is 24.8 Å². The third kappa shape index (κ3) is 2.83. The summed E-state index contributed by atoms with van der Waals surface area (Å²) in [5, 5.41) is 1.17. The first kappa shape index (κ1) is 17.8. The smallest absolute Gasteiger partial charge is 0.256 e. The number of aromatic amines is 1. The zero-order valence-corrected chi connectivity index (χ0v) is 15.8. The van der Waals surface area contributed by atoms with Gasteiger partial charge in [-0.25, -0.2) is 0 Å². The first-order chi connectivity index (χ1) is 12.9. The Morgan fingerprint density at radius 3 is 2.59 bits per heavy atom. The molecule has 4 rings (SSSR count). The van der Waals surface area contributed by atoms with Crippen LogP contribution in [0.2, 0.25) is 0 Å². The summed E-state index contributed by atoms with van der Waals surface area (Å²) in [7, 11) is 0. The van der Waals surface area contributed by atoms with Gasteiger partial charge >= 0.3 is 0 Å². The molecule has 1 aromatic heterocycles. The minimum Gasteiger partial charge on any atom is -0.340 e. The average Bonchev–Trinajstić information content (AvgIpc) is 3.09. The fraction of sp³-hybridized carbons (Fsp3) is 0.476. The SMILES string of the molecule is CC(C)N1CCC[C@@]2(CCN(C(=O)c3c[nH]c(=O)c4ccccc34)C2)C1=O. The molecule has 1 atom stereocenters. The van der Waals surface area contributed by atoms with Crippen LogP contribution in [0.3, 0.4) is 0 Å². The van der Waals surface area contributed by atoms with E-state index in [9.17, 15) is 14.4 Å². The number of rotatable bonds is 2. The summed E-state index contributed by atoms with van der Waals surface area (Å²) < 4.78 is 0. The normalized spacial score (nSPS) is 23.0. The number of amides is 2. The van der Waals surface area contributed by atoms with Crippen molar-refractivity contribution in [2.45, 2.75) is 39.2 Å². The van der Waals surface area contributed by atoms with Gasteiger partial charge in [-0.1, -0.05) is 18.2 Å². The molecule has 1 N–H and O–H groups in total. The van der Waals surface area contributed by atoms with Crippen molar-refractivity contribution >= 4 is 22.6 Å². The second-order valence-corrected chi connectivity index (χ2v) is 8.03. The number of likely N-dealkylation sites (tertiary alicyclic amines) is 2. The first-order valence-electron chi connectivity index (χ1n) is 9.64. The number of hydrogen-bond acceptors (Lipinski definition) is 3. The third-order valence-electron chi connectivity index (χ3n) is 6.07. The molecule has 0 unspecified atom stereocenters. The predicted molar refractivity (Wildman–Crippen MR) is 104 cm³/mol. The maximum absolute atomic E-state index is 13.2. The van der Waals surface area contributed by atoms with Crippen LogP contribution in [-0.2, 0) is 4.79 Å². The van der Waals surface area contributed by atoms with E-state index in [1.54, 1.807) is 23.1 Å². The molecule has 1 spiro atoms. The number of nitrogens with zero attached hydrogens (tertiary/aromatic N) is 2. The second-order valence-electron chi connectivity index (χ2n) is 8.03. The van der Waals surface area contributed by atoms with Gasteiger partial charge in [0.25, 0.3) is 11.5 Å². The molecule has 0 aliphatic carbocycles. The fourth-order valence-corrected chi connectivity index (χ4v) is 4.57. The number of fused-ring (bicyclic) bond motifs is 1. The Kier molecular flexibility index (Phi) is 4.29. The molecule has 27 heavy (non-hydrogen) atoms. The number of benzene rings is 1. The van der Waals surface area contributed by atoms with Gasteiger partial charge < -0.3 is 14.8 Å². The fourth-order valence-electron chi connectivity index (χ4n) is 4.57. The molecule has 2 aliphatic heterocycles. The van der Waals surface area contributed by atoms with Gasteiger partial charge in [-0.05, 0) is 39.2 Å². The lowest BCUT2D eigenvalue weighted by molar-refractivity contribution is -0.147. The van der Waals surface area contributed by atoms with Crippen LogP contribution in [0.1, 0.15) is 43.5 Å². The molecular formula is C21H25N3O3. The summed E-state index contributed by atoms with van der Waals surface area (Å²) in [6, 6.07) is 7.33. The minimum absolute atomic E-state index is 0.117. The molecule has 2 amide bonds. The maximum atomic E-state index is 13.2. The lowest BCUT2D eigenvalue weighted by atomic mass is 9.78. The molecule has 2 saturated heterocycles. The van der Waals surface area contributed by atoms with Gasteiger partial charge in [-0.3, -0.25) is 14.4 Å². The molecule has 0 saturated carbocycles. The highest BCUT2D eigenvalue weighted by Crippen LogP contribution is 2.41. The van der Waals surface area contributed by atoms with Crippen LogP contribution >= 0.6 is 0 Å². The van der Waals surface area contributed by atoms with Gasteiger partial charge in [-0.15, -0.1) is 0 Å². The molecule has 2 fully saturated rings. The molecule has 2 aliphatic rings. The van der Waals surface area contributed by atoms with Gasteiger partial charge in [-0.2, -0.15) is 0 Å². The number of nitrogens with one attached hydrogen (secondary N) is 1. The van der Waals surface area contributed by atoms with Crippen LogP contribution in [0.25, 0.3) is 10.8 Å². The van der Waals surface area contributed by atoms with Gasteiger partial charge in [0.1, 0.15) is 0 Å². The monoisotopic (exact) mass is 367 g/mol. The number of piperidine rings is 1. The maximum Gasteiger partial charge on any atom is 0.256 e. The van der Waals surface area contributed by atoms with E-state index in [-0.39, 0.29) is 23.4 Å². The summed E-state index contributed by atoms with van der Waals surface area (Å²) >= 11 is 0. The van der Waals surface area contributed by atoms with Crippen molar-refractivity contribution in [1.29, 1.82) is 0 Å². The van der Waals surface area contributed by atoms with E-state index >= 15 is 0 Å². The Labute approximate surface area is 158 Å². The highest BCUT2D eigenvalue weighted by Gasteiger charge is 2.49. The number of pyridine rings is 1. The molecule has 6 heteroatoms. The Bertz CT molecular complexity index is 965. The van der Waals surface area contributed by atoms with Gasteiger partial charge in [0.2, 0.25) is 5.91 Å². The van der Waals surface area contributed by atoms with Crippen molar-refractivity contribution in [2.75, 3.05) is 19.6 Å². The van der Waals surface area contributed by atoms with Crippen molar-refractivity contribution in [2.24, 2.45) is 5.41 Å². The van der Waals surface area contributed by atoms with Crippen LogP contribution in [-0.4, -0.2) is 52.3 Å². The summed E-state index contributed by atoms with van der Waals surface area (Å²) in [6.45, 7) is 5.92. The molecule has 1 aromatic carbocycles. The number of hydrogen-bond donors (Lipinski definition) is 1. The number of aromatic nitrogens is 1. The highest BCUT2D eigenvalue weighted by molar-refractivity contribution is 6.06. The van der Waals surface area contributed by atoms with E-state index < -0.39 is 5.41 Å². The van der Waals surface area contributed by atoms with E-state index in [2.05, 4.69) is 4.98 Å². The zero-order chi connectivity index (χ0) is 19.2. The van der Waals surface area contributed by atoms with Crippen LogP contribution in [0.4, 0.5) is 0 Å². The number of H-pyrrole nitrogens is 1. The molecule has 3 heterocycles. The first-order valence-corrected chi connectivity index (χ1v) is 9.64. The molecule has 2 aromatic rings. The van der Waals surface area contributed by atoms with E-state index in [0.29, 0.717) is 35.8 Å². The van der Waals surface area contributed by atoms with Crippen molar-refractivity contribution in [1.82, 2.24) is 14.8 Å². The molecule has 0 bridgehead atoms. The van der Waals surface area contributed by atoms with Crippen LogP contribution in [0.5, 0.6) is 0 Å². The van der Waals surface area contributed by atoms with Crippen molar-refractivity contribution in [3.05, 3.63) is 46.4 Å². The second kappa shape index (κ2) is 6.51. The lowest BCUT2D eigenvalue weighted by Crippen LogP contribution is -2.52. The molecule has 0 radical (unpaired) electrons. The standard InChI is InChI=1S/C21H25N3O3/c1-14(2)24-10-5-8-21(20(24)27)9-11-23(13-21)19(26)17-12-22-18(25)16-7-4-3-6-15(16)17/h3-4,6-7,12,14H,5,8-11,13H2,1-2H3,(H,22,25)/t21-/m0/s1. The highest BCUT2D eigenvalue weighted by atomic mass is 16.2. The van der Waals surface area contributed by atoms with Gasteiger partial charge in [0, 0.05) is 42.6 Å². The van der Waals surface area contributed by atoms with Gasteiger partial charge in [0.15, 0.2) is 0 Å². The summed E-state index contributed by atoms with van der Waals surface area (Å²) in [6.07, 6.45) is 4.03. The summed E-state index contributed by atoms with van der Waals surface area (Å²) in [5.41, 5.74) is -0.155. The Balaban J connectivity index is 1.63. The van der Waals surface area contributed by atoms with Crippen LogP contribution < -0.4 is 5.56 Å².